The number of carbonyl (C=O) groups excluding carboxylic acids is 1. The number of unbranched alkanes of at least 4 members (excludes halogenated alkanes) is 1. The maximum absolute atomic E-state index is 12.9. The number of hydrogen-bond acceptors (Lipinski definition) is 5. The summed E-state index contributed by atoms with van der Waals surface area (Å²) in [5.41, 5.74) is 1.41. The topological polar surface area (TPSA) is 57.1 Å². The molecule has 2 aliphatic heterocycles. The number of amidine groups is 1. The summed E-state index contributed by atoms with van der Waals surface area (Å²) in [6, 6.07) is 15.2. The van der Waals surface area contributed by atoms with E-state index in [1.54, 1.807) is 16.8 Å². The number of benzene rings is 2. The van der Waals surface area contributed by atoms with Crippen molar-refractivity contribution < 1.29 is 4.79 Å². The van der Waals surface area contributed by atoms with Crippen LogP contribution in [0.2, 0.25) is 5.02 Å². The van der Waals surface area contributed by atoms with Gasteiger partial charge in [0.15, 0.2) is 11.3 Å². The molecule has 7 heteroatoms. The molecule has 0 bridgehead atoms. The number of fused-ring (bicyclic) bond motifs is 2. The molecule has 0 fully saturated rings. The fraction of sp³-hybridized carbons (Fsp3) is 0.250. The van der Waals surface area contributed by atoms with Gasteiger partial charge in [-0.3, -0.25) is 15.1 Å². The second kappa shape index (κ2) is 7.74. The highest BCUT2D eigenvalue weighted by Crippen LogP contribution is 2.31. The van der Waals surface area contributed by atoms with Gasteiger partial charge in [0, 0.05) is 16.0 Å². The third-order valence-electron chi connectivity index (χ3n) is 4.40. The maximum atomic E-state index is 12.9. The third kappa shape index (κ3) is 3.59. The molecule has 1 amide bonds. The van der Waals surface area contributed by atoms with Crippen molar-refractivity contribution in [2.45, 2.75) is 25.9 Å². The first kappa shape index (κ1) is 18.1. The Balaban J connectivity index is 1.84. The van der Waals surface area contributed by atoms with Gasteiger partial charge in [-0.25, -0.2) is 5.01 Å². The van der Waals surface area contributed by atoms with Crippen molar-refractivity contribution in [3.8, 4) is 0 Å². The first-order valence-electron chi connectivity index (χ1n) is 8.92. The summed E-state index contributed by atoms with van der Waals surface area (Å²) in [4.78, 5) is 17.8. The number of rotatable bonds is 4. The minimum atomic E-state index is -0.429. The van der Waals surface area contributed by atoms with Gasteiger partial charge in [-0.1, -0.05) is 67.0 Å². The molecule has 2 aromatic carbocycles. The monoisotopic (exact) mass is 398 g/mol. The summed E-state index contributed by atoms with van der Waals surface area (Å²) in [5, 5.41) is 12.2. The SMILES string of the molecule is CCCCSC1=NN2C(=c3ccccc3=N[C@H]2c2cccc(Cl)c2)C(=O)N1. The summed E-state index contributed by atoms with van der Waals surface area (Å²) in [5.74, 6) is 0.757. The Labute approximate surface area is 166 Å². The van der Waals surface area contributed by atoms with Crippen LogP contribution in [0.5, 0.6) is 0 Å². The van der Waals surface area contributed by atoms with Crippen LogP contribution >= 0.6 is 23.4 Å². The van der Waals surface area contributed by atoms with E-state index in [4.69, 9.17) is 21.7 Å². The van der Waals surface area contributed by atoms with Gasteiger partial charge in [0.25, 0.3) is 5.91 Å². The van der Waals surface area contributed by atoms with Crippen molar-refractivity contribution in [2.75, 3.05) is 5.75 Å². The molecule has 1 N–H and O–H groups in total. The molecule has 4 rings (SSSR count). The molecule has 0 spiro atoms. The van der Waals surface area contributed by atoms with Gasteiger partial charge in [-0.15, -0.1) is 5.10 Å². The summed E-state index contributed by atoms with van der Waals surface area (Å²) < 4.78 is 0. The fourth-order valence-corrected chi connectivity index (χ4v) is 4.23. The van der Waals surface area contributed by atoms with Gasteiger partial charge in [0.1, 0.15) is 5.70 Å². The summed E-state index contributed by atoms with van der Waals surface area (Å²) in [6.45, 7) is 2.14. The molecule has 2 heterocycles. The van der Waals surface area contributed by atoms with Crippen molar-refractivity contribution >= 4 is 40.1 Å². The highest BCUT2D eigenvalue weighted by atomic mass is 35.5. The molecule has 2 aliphatic rings. The molecule has 0 saturated carbocycles. The van der Waals surface area contributed by atoms with Crippen LogP contribution in [0.3, 0.4) is 0 Å². The predicted octanol–water partition coefficient (Wildman–Crippen LogP) is 3.02. The number of amides is 1. The zero-order chi connectivity index (χ0) is 18.8. The quantitative estimate of drug-likeness (QED) is 0.805. The molecule has 27 heavy (non-hydrogen) atoms. The number of halogens is 1. The number of nitrogens with one attached hydrogen (secondary N) is 1. The smallest absolute Gasteiger partial charge is 0.276 e. The normalized spacial score (nSPS) is 18.2. The Bertz CT molecular complexity index is 1040. The molecule has 0 aliphatic carbocycles. The van der Waals surface area contributed by atoms with Crippen molar-refractivity contribution in [1.82, 2.24) is 10.3 Å². The van der Waals surface area contributed by atoms with E-state index < -0.39 is 6.17 Å². The Morgan fingerprint density at radius 1 is 1.22 bits per heavy atom. The number of para-hydroxylation sites is 1. The summed E-state index contributed by atoms with van der Waals surface area (Å²) in [6.07, 6.45) is 1.74. The zero-order valence-electron chi connectivity index (χ0n) is 14.9. The number of hydrazone groups is 1. The van der Waals surface area contributed by atoms with E-state index in [-0.39, 0.29) is 5.91 Å². The first-order chi connectivity index (χ1) is 13.2. The Kier molecular flexibility index (Phi) is 5.18. The molecule has 0 unspecified atom stereocenters. The molecule has 0 saturated heterocycles. The van der Waals surface area contributed by atoms with E-state index in [1.807, 2.05) is 48.5 Å². The van der Waals surface area contributed by atoms with E-state index in [0.717, 1.165) is 34.7 Å². The lowest BCUT2D eigenvalue weighted by molar-refractivity contribution is -0.116. The molecule has 2 aromatic rings. The second-order valence-electron chi connectivity index (χ2n) is 6.33. The van der Waals surface area contributed by atoms with Crippen LogP contribution in [0, 0.1) is 0 Å². The van der Waals surface area contributed by atoms with Crippen molar-refractivity contribution in [2.24, 2.45) is 10.1 Å². The van der Waals surface area contributed by atoms with Gasteiger partial charge in [0.05, 0.1) is 5.36 Å². The Morgan fingerprint density at radius 3 is 2.89 bits per heavy atom. The molecular formula is C20H19ClN4OS. The number of nitrogens with zero attached hydrogens (tertiary/aromatic N) is 3. The predicted molar refractivity (Wildman–Crippen MR) is 110 cm³/mol. The first-order valence-corrected chi connectivity index (χ1v) is 10.3. The largest absolute Gasteiger partial charge is 0.298 e. The minimum absolute atomic E-state index is 0.154. The van der Waals surface area contributed by atoms with Gasteiger partial charge >= 0.3 is 0 Å². The van der Waals surface area contributed by atoms with Crippen molar-refractivity contribution in [1.29, 1.82) is 0 Å². The van der Waals surface area contributed by atoms with Crippen molar-refractivity contribution in [3.63, 3.8) is 0 Å². The van der Waals surface area contributed by atoms with E-state index in [1.165, 1.54) is 0 Å². The maximum Gasteiger partial charge on any atom is 0.276 e. The molecule has 0 aromatic heterocycles. The van der Waals surface area contributed by atoms with Crippen LogP contribution < -0.4 is 15.9 Å². The van der Waals surface area contributed by atoms with Gasteiger partial charge in [0.2, 0.25) is 0 Å². The zero-order valence-corrected chi connectivity index (χ0v) is 16.4. The highest BCUT2D eigenvalue weighted by molar-refractivity contribution is 8.13. The Hall–Kier alpha value is -2.31. The number of carbonyl (C=O) groups is 1. The molecule has 138 valence electrons. The standard InChI is InChI=1S/C20H19ClN4OS/c1-2-3-11-27-20-23-19(26)17-15-9-4-5-10-16(15)22-18(25(17)24-20)13-7-6-8-14(21)12-13/h4-10,12,18H,2-3,11H2,1H3,(H,23,24,26)/t18-/m1/s1. The highest BCUT2D eigenvalue weighted by Gasteiger charge is 2.34. The summed E-state index contributed by atoms with van der Waals surface area (Å²) in [7, 11) is 0. The van der Waals surface area contributed by atoms with Crippen LogP contribution in [0.15, 0.2) is 58.6 Å². The van der Waals surface area contributed by atoms with Crippen LogP contribution in [0.25, 0.3) is 5.70 Å². The lowest BCUT2D eigenvalue weighted by Crippen LogP contribution is -2.50. The van der Waals surface area contributed by atoms with E-state index >= 15 is 0 Å². The van der Waals surface area contributed by atoms with Crippen LogP contribution in [-0.4, -0.2) is 21.8 Å². The second-order valence-corrected chi connectivity index (χ2v) is 7.85. The molecular weight excluding hydrogens is 380 g/mol. The van der Waals surface area contributed by atoms with Gasteiger partial charge < -0.3 is 0 Å². The molecule has 5 nitrogen and oxygen atoms in total. The van der Waals surface area contributed by atoms with Crippen molar-refractivity contribution in [3.05, 3.63) is 69.7 Å². The Morgan fingerprint density at radius 2 is 2.07 bits per heavy atom. The van der Waals surface area contributed by atoms with Crippen LogP contribution in [-0.2, 0) is 4.79 Å². The van der Waals surface area contributed by atoms with Gasteiger partial charge in [-0.2, -0.15) is 0 Å². The van der Waals surface area contributed by atoms with E-state index in [9.17, 15) is 4.79 Å². The average Bonchev–Trinajstić information content (AvgIpc) is 2.67. The van der Waals surface area contributed by atoms with Crippen LogP contribution in [0.1, 0.15) is 31.5 Å². The van der Waals surface area contributed by atoms with E-state index in [2.05, 4.69) is 12.2 Å². The fourth-order valence-electron chi connectivity index (χ4n) is 3.09. The summed E-state index contributed by atoms with van der Waals surface area (Å²) >= 11 is 7.75. The average molecular weight is 399 g/mol. The third-order valence-corrected chi connectivity index (χ3v) is 5.58. The van der Waals surface area contributed by atoms with Crippen LogP contribution in [0.4, 0.5) is 0 Å². The minimum Gasteiger partial charge on any atom is -0.298 e. The van der Waals surface area contributed by atoms with Gasteiger partial charge in [-0.05, 0) is 30.2 Å². The molecule has 1 atom stereocenters. The van der Waals surface area contributed by atoms with E-state index in [0.29, 0.717) is 15.9 Å². The molecule has 0 radical (unpaired) electrons. The lowest BCUT2D eigenvalue weighted by atomic mass is 10.1. The number of thioether (sulfide) groups is 1. The number of hydrogen-bond donors (Lipinski definition) is 1. The lowest BCUT2D eigenvalue weighted by Gasteiger charge is -2.34.